The summed E-state index contributed by atoms with van der Waals surface area (Å²) in [6.45, 7) is 2.25. The van der Waals surface area contributed by atoms with E-state index in [1.54, 1.807) is 0 Å². The Hall–Kier alpha value is -1.02. The zero-order valence-electron chi connectivity index (χ0n) is 10.9. The smallest absolute Gasteiger partial charge is 0.0314 e. The molecule has 2 rings (SSSR count). The first kappa shape index (κ1) is 12.4. The van der Waals surface area contributed by atoms with E-state index in [2.05, 4.69) is 24.1 Å². The quantitative estimate of drug-likeness (QED) is 0.789. The second-order valence-corrected chi connectivity index (χ2v) is 5.42. The molecule has 2 heteroatoms. The lowest BCUT2D eigenvalue weighted by Crippen LogP contribution is -2.20. The Kier molecular flexibility index (Phi) is 4.43. The molecule has 0 radical (unpaired) electrons. The van der Waals surface area contributed by atoms with Gasteiger partial charge in [-0.2, -0.15) is 0 Å². The van der Waals surface area contributed by atoms with E-state index in [4.69, 9.17) is 5.73 Å². The second-order valence-electron chi connectivity index (χ2n) is 5.42. The van der Waals surface area contributed by atoms with Gasteiger partial charge in [0.2, 0.25) is 0 Å². The molecule has 1 fully saturated rings. The first-order valence-electron chi connectivity index (χ1n) is 6.77. The molecule has 2 N–H and O–H groups in total. The van der Waals surface area contributed by atoms with E-state index in [0.29, 0.717) is 0 Å². The lowest BCUT2D eigenvalue weighted by molar-refractivity contribution is 0.294. The molecular weight excluding hydrogens is 208 g/mol. The summed E-state index contributed by atoms with van der Waals surface area (Å²) in [6, 6.07) is 8.23. The average molecular weight is 232 g/mol. The number of benzene rings is 1. The molecule has 0 unspecified atom stereocenters. The molecule has 1 saturated carbocycles. The van der Waals surface area contributed by atoms with Gasteiger partial charge in [0, 0.05) is 12.2 Å². The molecule has 94 valence electrons. The van der Waals surface area contributed by atoms with Gasteiger partial charge in [-0.15, -0.1) is 0 Å². The molecule has 1 aliphatic carbocycles. The maximum Gasteiger partial charge on any atom is 0.0314 e. The van der Waals surface area contributed by atoms with Gasteiger partial charge in [0.15, 0.2) is 0 Å². The van der Waals surface area contributed by atoms with Gasteiger partial charge in [0.1, 0.15) is 0 Å². The van der Waals surface area contributed by atoms with Crippen LogP contribution in [0.25, 0.3) is 0 Å². The summed E-state index contributed by atoms with van der Waals surface area (Å²) < 4.78 is 0. The monoisotopic (exact) mass is 232 g/mol. The van der Waals surface area contributed by atoms with Crippen LogP contribution in [0, 0.1) is 5.92 Å². The van der Waals surface area contributed by atoms with Gasteiger partial charge < -0.3 is 10.6 Å². The molecule has 0 spiro atoms. The Morgan fingerprint density at radius 2 is 1.82 bits per heavy atom. The number of hydrogen-bond donors (Lipinski definition) is 1. The van der Waals surface area contributed by atoms with Crippen molar-refractivity contribution in [3.05, 3.63) is 29.8 Å². The molecule has 0 bridgehead atoms. The first-order chi connectivity index (χ1) is 8.24. The molecule has 1 aliphatic rings. The largest absolute Gasteiger partial charge is 0.399 e. The number of nitrogen functional groups attached to an aromatic ring is 1. The SMILES string of the molecule is CN(CCC1CCCC1)Cc1ccc(N)cc1. The predicted octanol–water partition coefficient (Wildman–Crippen LogP) is 3.28. The predicted molar refractivity (Wildman–Crippen MR) is 73.8 cm³/mol. The van der Waals surface area contributed by atoms with Crippen LogP contribution in [0.4, 0.5) is 5.69 Å². The lowest BCUT2D eigenvalue weighted by atomic mass is 10.0. The van der Waals surface area contributed by atoms with E-state index in [9.17, 15) is 0 Å². The zero-order valence-corrected chi connectivity index (χ0v) is 10.9. The third kappa shape index (κ3) is 4.04. The van der Waals surface area contributed by atoms with Gasteiger partial charge in [-0.1, -0.05) is 37.8 Å². The van der Waals surface area contributed by atoms with E-state index < -0.39 is 0 Å². The van der Waals surface area contributed by atoms with Gasteiger partial charge in [0.25, 0.3) is 0 Å². The first-order valence-corrected chi connectivity index (χ1v) is 6.77. The highest BCUT2D eigenvalue weighted by atomic mass is 15.1. The Morgan fingerprint density at radius 1 is 1.18 bits per heavy atom. The van der Waals surface area contributed by atoms with Crippen LogP contribution in [0.3, 0.4) is 0 Å². The van der Waals surface area contributed by atoms with Crippen molar-refractivity contribution >= 4 is 5.69 Å². The summed E-state index contributed by atoms with van der Waals surface area (Å²) >= 11 is 0. The highest BCUT2D eigenvalue weighted by Gasteiger charge is 2.15. The van der Waals surface area contributed by atoms with E-state index in [-0.39, 0.29) is 0 Å². The number of hydrogen-bond acceptors (Lipinski definition) is 2. The Bertz CT molecular complexity index is 325. The topological polar surface area (TPSA) is 29.3 Å². The van der Waals surface area contributed by atoms with Crippen molar-refractivity contribution in [2.75, 3.05) is 19.3 Å². The molecular formula is C15H24N2. The van der Waals surface area contributed by atoms with Crippen LogP contribution in [0.5, 0.6) is 0 Å². The number of nitrogens with zero attached hydrogens (tertiary/aromatic N) is 1. The highest BCUT2D eigenvalue weighted by Crippen LogP contribution is 2.27. The summed E-state index contributed by atoms with van der Waals surface area (Å²) in [5.74, 6) is 0.990. The van der Waals surface area contributed by atoms with Crippen molar-refractivity contribution in [3.63, 3.8) is 0 Å². The van der Waals surface area contributed by atoms with Gasteiger partial charge in [-0.05, 0) is 43.6 Å². The Balaban J connectivity index is 1.72. The minimum atomic E-state index is 0.849. The van der Waals surface area contributed by atoms with E-state index in [1.807, 2.05) is 12.1 Å². The molecule has 0 aromatic heterocycles. The van der Waals surface area contributed by atoms with E-state index in [1.165, 1.54) is 44.2 Å². The fourth-order valence-electron chi connectivity index (χ4n) is 2.72. The maximum atomic E-state index is 5.69. The van der Waals surface area contributed by atoms with Crippen molar-refractivity contribution in [2.24, 2.45) is 5.92 Å². The zero-order chi connectivity index (χ0) is 12.1. The molecule has 1 aromatic carbocycles. The fraction of sp³-hybridized carbons (Fsp3) is 0.600. The van der Waals surface area contributed by atoms with Crippen LogP contribution in [0.1, 0.15) is 37.7 Å². The van der Waals surface area contributed by atoms with Crippen LogP contribution in [-0.4, -0.2) is 18.5 Å². The van der Waals surface area contributed by atoms with Gasteiger partial charge >= 0.3 is 0 Å². The molecule has 0 atom stereocenters. The molecule has 0 aliphatic heterocycles. The van der Waals surface area contributed by atoms with Gasteiger partial charge in [-0.3, -0.25) is 0 Å². The van der Waals surface area contributed by atoms with Crippen molar-refractivity contribution in [1.82, 2.24) is 4.90 Å². The van der Waals surface area contributed by atoms with Crippen molar-refractivity contribution in [1.29, 1.82) is 0 Å². The molecule has 0 saturated heterocycles. The molecule has 0 heterocycles. The van der Waals surface area contributed by atoms with E-state index >= 15 is 0 Å². The number of nitrogens with two attached hydrogens (primary N) is 1. The normalized spacial score (nSPS) is 16.8. The highest BCUT2D eigenvalue weighted by molar-refractivity contribution is 5.39. The van der Waals surface area contributed by atoms with E-state index in [0.717, 1.165) is 18.2 Å². The fourth-order valence-corrected chi connectivity index (χ4v) is 2.72. The average Bonchev–Trinajstić information content (AvgIpc) is 2.83. The molecule has 2 nitrogen and oxygen atoms in total. The summed E-state index contributed by atoms with van der Waals surface area (Å²) in [5, 5.41) is 0. The van der Waals surface area contributed by atoms with Crippen LogP contribution in [0.15, 0.2) is 24.3 Å². The minimum Gasteiger partial charge on any atom is -0.399 e. The van der Waals surface area contributed by atoms with Crippen molar-refractivity contribution in [3.8, 4) is 0 Å². The summed E-state index contributed by atoms with van der Waals surface area (Å²) in [6.07, 6.45) is 7.18. The van der Waals surface area contributed by atoms with Crippen LogP contribution >= 0.6 is 0 Å². The van der Waals surface area contributed by atoms with Gasteiger partial charge in [0.05, 0.1) is 0 Å². The Labute approximate surface area is 105 Å². The van der Waals surface area contributed by atoms with Crippen LogP contribution in [0.2, 0.25) is 0 Å². The van der Waals surface area contributed by atoms with Crippen LogP contribution in [-0.2, 0) is 6.54 Å². The third-order valence-electron chi connectivity index (χ3n) is 3.83. The minimum absolute atomic E-state index is 0.849. The summed E-state index contributed by atoms with van der Waals surface area (Å²) in [7, 11) is 2.21. The summed E-state index contributed by atoms with van der Waals surface area (Å²) in [4.78, 5) is 2.42. The van der Waals surface area contributed by atoms with Crippen molar-refractivity contribution < 1.29 is 0 Å². The van der Waals surface area contributed by atoms with Crippen LogP contribution < -0.4 is 5.73 Å². The van der Waals surface area contributed by atoms with Crippen molar-refractivity contribution in [2.45, 2.75) is 38.6 Å². The molecule has 17 heavy (non-hydrogen) atoms. The lowest BCUT2D eigenvalue weighted by Gasteiger charge is -2.19. The third-order valence-corrected chi connectivity index (χ3v) is 3.83. The molecule has 0 amide bonds. The van der Waals surface area contributed by atoms with Gasteiger partial charge in [-0.25, -0.2) is 0 Å². The Morgan fingerprint density at radius 3 is 2.47 bits per heavy atom. The summed E-state index contributed by atoms with van der Waals surface area (Å²) in [5.41, 5.74) is 7.89. The number of anilines is 1. The molecule has 1 aromatic rings. The maximum absolute atomic E-state index is 5.69. The second kappa shape index (κ2) is 6.06. The standard InChI is InChI=1S/C15H24N2/c1-17(11-10-13-4-2-3-5-13)12-14-6-8-15(16)9-7-14/h6-9,13H,2-5,10-12,16H2,1H3. The number of rotatable bonds is 5.